The Balaban J connectivity index is 2.33. The maximum absolute atomic E-state index is 4.31. The summed E-state index contributed by atoms with van der Waals surface area (Å²) in [6, 6.07) is 2.03. The third-order valence-electron chi connectivity index (χ3n) is 1.78. The number of hydrogen-bond acceptors (Lipinski definition) is 4. The number of thiophene rings is 1. The number of aliphatic imine (C=N–C) groups is 1. The average molecular weight is 191 g/mol. The molecule has 0 spiro atoms. The largest absolute Gasteiger partial charge is 0.251 e. The van der Waals surface area contributed by atoms with E-state index < -0.39 is 0 Å². The van der Waals surface area contributed by atoms with E-state index in [0.29, 0.717) is 5.82 Å². The first kappa shape index (κ1) is 8.19. The van der Waals surface area contributed by atoms with Gasteiger partial charge in [0.05, 0.1) is 6.21 Å². The van der Waals surface area contributed by atoms with E-state index in [4.69, 9.17) is 0 Å². The minimum atomic E-state index is 0.666. The molecule has 0 bridgehead atoms. The first-order valence-corrected chi connectivity index (χ1v) is 4.79. The highest BCUT2D eigenvalue weighted by Gasteiger charge is 2.09. The third-order valence-corrected chi connectivity index (χ3v) is 2.47. The maximum atomic E-state index is 4.31. The van der Waals surface area contributed by atoms with Crippen molar-refractivity contribution in [3.05, 3.63) is 34.8 Å². The minimum Gasteiger partial charge on any atom is -0.251 e. The van der Waals surface area contributed by atoms with Gasteiger partial charge in [0.25, 0.3) is 0 Å². The molecule has 1 aromatic heterocycles. The first-order chi connectivity index (χ1) is 6.27. The van der Waals surface area contributed by atoms with Gasteiger partial charge in [-0.1, -0.05) is 6.58 Å². The predicted octanol–water partition coefficient (Wildman–Crippen LogP) is 1.94. The second-order valence-electron chi connectivity index (χ2n) is 2.70. The molecule has 2 rings (SSSR count). The van der Waals surface area contributed by atoms with Crippen LogP contribution in [0.1, 0.15) is 5.56 Å². The smallest absolute Gasteiger partial charge is 0.141 e. The van der Waals surface area contributed by atoms with Gasteiger partial charge >= 0.3 is 0 Å². The van der Waals surface area contributed by atoms with Crippen molar-refractivity contribution in [1.82, 2.24) is 5.01 Å². The molecule has 0 aliphatic carbocycles. The van der Waals surface area contributed by atoms with Gasteiger partial charge in [0.15, 0.2) is 0 Å². The molecular formula is C9H9N3S. The van der Waals surface area contributed by atoms with Crippen molar-refractivity contribution in [3.63, 3.8) is 0 Å². The van der Waals surface area contributed by atoms with Crippen LogP contribution >= 0.6 is 11.3 Å². The molecule has 66 valence electrons. The highest BCUT2D eigenvalue weighted by molar-refractivity contribution is 7.08. The SMILES string of the molecule is C=C1N=CC(c2ccsc2)=NN1C. The van der Waals surface area contributed by atoms with Crippen molar-refractivity contribution in [1.29, 1.82) is 0 Å². The van der Waals surface area contributed by atoms with Crippen LogP contribution in [-0.2, 0) is 0 Å². The summed E-state index contributed by atoms with van der Waals surface area (Å²) in [6.07, 6.45) is 1.74. The Morgan fingerprint density at radius 2 is 2.38 bits per heavy atom. The number of hydrazone groups is 1. The van der Waals surface area contributed by atoms with Gasteiger partial charge in [-0.15, -0.1) is 0 Å². The lowest BCUT2D eigenvalue weighted by Crippen LogP contribution is -2.18. The topological polar surface area (TPSA) is 28.0 Å². The fourth-order valence-corrected chi connectivity index (χ4v) is 1.66. The Bertz CT molecular complexity index is 376. The van der Waals surface area contributed by atoms with Crippen molar-refractivity contribution in [3.8, 4) is 0 Å². The molecule has 0 saturated carbocycles. The van der Waals surface area contributed by atoms with Gasteiger partial charge in [-0.2, -0.15) is 16.4 Å². The van der Waals surface area contributed by atoms with Gasteiger partial charge in [0.1, 0.15) is 11.5 Å². The van der Waals surface area contributed by atoms with Crippen LogP contribution in [0.25, 0.3) is 0 Å². The lowest BCUT2D eigenvalue weighted by atomic mass is 10.2. The summed E-state index contributed by atoms with van der Waals surface area (Å²) in [5.74, 6) is 0.666. The zero-order valence-electron chi connectivity index (χ0n) is 7.27. The fraction of sp³-hybridized carbons (Fsp3) is 0.111. The van der Waals surface area contributed by atoms with Gasteiger partial charge in [0.2, 0.25) is 0 Å². The van der Waals surface area contributed by atoms with Crippen LogP contribution in [0.3, 0.4) is 0 Å². The van der Waals surface area contributed by atoms with Crippen LogP contribution in [-0.4, -0.2) is 24.0 Å². The molecule has 3 nitrogen and oxygen atoms in total. The van der Waals surface area contributed by atoms with E-state index in [0.717, 1.165) is 11.3 Å². The molecule has 0 fully saturated rings. The molecular weight excluding hydrogens is 182 g/mol. The number of rotatable bonds is 1. The number of hydrogen-bond donors (Lipinski definition) is 0. The fourth-order valence-electron chi connectivity index (χ4n) is 1.01. The summed E-state index contributed by atoms with van der Waals surface area (Å²) in [5.41, 5.74) is 1.99. The second-order valence-corrected chi connectivity index (χ2v) is 3.48. The van der Waals surface area contributed by atoms with Crippen LogP contribution in [0.15, 0.2) is 39.3 Å². The Morgan fingerprint density at radius 1 is 1.54 bits per heavy atom. The van der Waals surface area contributed by atoms with Crippen molar-refractivity contribution in [2.24, 2.45) is 10.1 Å². The van der Waals surface area contributed by atoms with Gasteiger partial charge in [0, 0.05) is 18.0 Å². The van der Waals surface area contributed by atoms with Gasteiger partial charge < -0.3 is 0 Å². The van der Waals surface area contributed by atoms with Crippen LogP contribution in [0.2, 0.25) is 0 Å². The van der Waals surface area contributed by atoms with Gasteiger partial charge in [-0.05, 0) is 11.4 Å². The first-order valence-electron chi connectivity index (χ1n) is 3.85. The molecule has 1 aromatic rings. The van der Waals surface area contributed by atoms with Crippen LogP contribution in [0.4, 0.5) is 0 Å². The third kappa shape index (κ3) is 1.53. The predicted molar refractivity (Wildman–Crippen MR) is 56.3 cm³/mol. The molecule has 13 heavy (non-hydrogen) atoms. The van der Waals surface area contributed by atoms with Crippen molar-refractivity contribution < 1.29 is 0 Å². The highest BCUT2D eigenvalue weighted by atomic mass is 32.1. The van der Waals surface area contributed by atoms with E-state index in [9.17, 15) is 0 Å². The Hall–Kier alpha value is -1.42. The molecule has 4 heteroatoms. The highest BCUT2D eigenvalue weighted by Crippen LogP contribution is 2.12. The summed E-state index contributed by atoms with van der Waals surface area (Å²) < 4.78 is 0. The quantitative estimate of drug-likeness (QED) is 0.666. The van der Waals surface area contributed by atoms with E-state index in [1.54, 1.807) is 22.6 Å². The maximum Gasteiger partial charge on any atom is 0.141 e. The Kier molecular flexibility index (Phi) is 1.98. The molecule has 2 heterocycles. The standard InChI is InChI=1S/C9H9N3S/c1-7-10-5-9(11-12(7)2)8-3-4-13-6-8/h3-6H,1H2,2H3. The van der Waals surface area contributed by atoms with E-state index in [1.807, 2.05) is 23.9 Å². The summed E-state index contributed by atoms with van der Waals surface area (Å²) in [6.45, 7) is 3.73. The monoisotopic (exact) mass is 191 g/mol. The van der Waals surface area contributed by atoms with Gasteiger partial charge in [-0.25, -0.2) is 4.99 Å². The Morgan fingerprint density at radius 3 is 3.00 bits per heavy atom. The lowest BCUT2D eigenvalue weighted by Gasteiger charge is -2.16. The van der Waals surface area contributed by atoms with Crippen molar-refractivity contribution in [2.45, 2.75) is 0 Å². The normalized spacial score (nSPS) is 16.2. The summed E-state index contributed by atoms with van der Waals surface area (Å²) in [4.78, 5) is 4.13. The molecule has 0 aromatic carbocycles. The summed E-state index contributed by atoms with van der Waals surface area (Å²) in [7, 11) is 1.84. The summed E-state index contributed by atoms with van der Waals surface area (Å²) >= 11 is 1.65. The molecule has 1 aliphatic rings. The zero-order valence-corrected chi connectivity index (χ0v) is 8.08. The molecule has 0 atom stereocenters. The van der Waals surface area contributed by atoms with E-state index in [-0.39, 0.29) is 0 Å². The molecule has 0 saturated heterocycles. The van der Waals surface area contributed by atoms with E-state index in [2.05, 4.69) is 16.7 Å². The molecule has 0 amide bonds. The molecule has 1 aliphatic heterocycles. The summed E-state index contributed by atoms with van der Waals surface area (Å²) in [5, 5.41) is 10.1. The molecule has 0 N–H and O–H groups in total. The van der Waals surface area contributed by atoms with Crippen LogP contribution in [0, 0.1) is 0 Å². The Labute approximate surface area is 80.7 Å². The zero-order chi connectivity index (χ0) is 9.26. The second kappa shape index (κ2) is 3.14. The number of nitrogens with zero attached hydrogens (tertiary/aromatic N) is 3. The lowest BCUT2D eigenvalue weighted by molar-refractivity contribution is 0.442. The van der Waals surface area contributed by atoms with Crippen molar-refractivity contribution >= 4 is 23.3 Å². The van der Waals surface area contributed by atoms with Gasteiger partial charge in [-0.3, -0.25) is 5.01 Å². The molecule has 0 unspecified atom stereocenters. The molecule has 0 radical (unpaired) electrons. The van der Waals surface area contributed by atoms with Crippen LogP contribution < -0.4 is 0 Å². The van der Waals surface area contributed by atoms with E-state index in [1.165, 1.54) is 0 Å². The van der Waals surface area contributed by atoms with Crippen LogP contribution in [0.5, 0.6) is 0 Å². The minimum absolute atomic E-state index is 0.666. The average Bonchev–Trinajstić information content (AvgIpc) is 2.62. The van der Waals surface area contributed by atoms with Crippen molar-refractivity contribution in [2.75, 3.05) is 7.05 Å². The van der Waals surface area contributed by atoms with E-state index >= 15 is 0 Å².